The molecule has 2 aromatic carbocycles. The molecule has 1 amide bonds. The van der Waals surface area contributed by atoms with Crippen molar-refractivity contribution >= 4 is 5.91 Å². The van der Waals surface area contributed by atoms with Gasteiger partial charge in [0.1, 0.15) is 5.75 Å². The Bertz CT molecular complexity index is 868. The molecular formula is C23H27NO2. The average molecular weight is 349 g/mol. The minimum Gasteiger partial charge on any atom is -0.508 e. The van der Waals surface area contributed by atoms with E-state index in [4.69, 9.17) is 0 Å². The van der Waals surface area contributed by atoms with Crippen molar-refractivity contribution in [1.29, 1.82) is 0 Å². The van der Waals surface area contributed by atoms with Gasteiger partial charge in [0.2, 0.25) is 0 Å². The van der Waals surface area contributed by atoms with Crippen LogP contribution in [0.1, 0.15) is 54.2 Å². The minimum absolute atomic E-state index is 0.0476. The van der Waals surface area contributed by atoms with Crippen LogP contribution in [0.2, 0.25) is 0 Å². The summed E-state index contributed by atoms with van der Waals surface area (Å²) in [5.74, 6) is 0.461. The second-order valence-electron chi connectivity index (χ2n) is 8.69. The Balaban J connectivity index is 1.78. The number of carbonyl (C=O) groups is 1. The molecular weight excluding hydrogens is 322 g/mol. The summed E-state index contributed by atoms with van der Waals surface area (Å²) in [6, 6.07) is 13.8. The molecule has 2 aromatic rings. The van der Waals surface area contributed by atoms with E-state index in [1.807, 2.05) is 42.2 Å². The number of phenols is 1. The third kappa shape index (κ3) is 2.22. The number of rotatable bonds is 1. The molecule has 2 aliphatic rings. The first-order chi connectivity index (χ1) is 12.3. The molecule has 26 heavy (non-hydrogen) atoms. The number of fused-ring (bicyclic) bond motifs is 4. The summed E-state index contributed by atoms with van der Waals surface area (Å²) in [6.07, 6.45) is 1.62. The summed E-state index contributed by atoms with van der Waals surface area (Å²) in [4.78, 5) is 15.3. The van der Waals surface area contributed by atoms with Gasteiger partial charge >= 0.3 is 0 Å². The van der Waals surface area contributed by atoms with Crippen molar-refractivity contribution in [1.82, 2.24) is 4.90 Å². The number of amides is 1. The second kappa shape index (κ2) is 5.60. The molecule has 1 heterocycles. The Morgan fingerprint density at radius 2 is 1.81 bits per heavy atom. The molecule has 1 aliphatic heterocycles. The number of benzene rings is 2. The maximum Gasteiger partial charge on any atom is 0.254 e. The number of likely N-dealkylation sites (tertiary alicyclic amines) is 1. The average Bonchev–Trinajstić information content (AvgIpc) is 2.59. The number of hydrogen-bond donors (Lipinski definition) is 1. The minimum atomic E-state index is -0.0631. The fraction of sp³-hybridized carbons (Fsp3) is 0.435. The molecule has 1 N–H and O–H groups in total. The summed E-state index contributed by atoms with van der Waals surface area (Å²) in [7, 11) is 0. The van der Waals surface area contributed by atoms with Crippen LogP contribution < -0.4 is 0 Å². The quantitative estimate of drug-likeness (QED) is 0.826. The van der Waals surface area contributed by atoms with Gasteiger partial charge in [-0.3, -0.25) is 4.79 Å². The first-order valence-corrected chi connectivity index (χ1v) is 9.45. The summed E-state index contributed by atoms with van der Waals surface area (Å²) in [6.45, 7) is 9.64. The maximum atomic E-state index is 13.3. The molecule has 2 bridgehead atoms. The molecule has 4 rings (SSSR count). The SMILES string of the molecule is Cc1ccc(C(=O)N2CC[C@@]3(C)c4cccc(O)c4C[C@@H]2C3(C)C)cc1. The Hall–Kier alpha value is -2.29. The van der Waals surface area contributed by atoms with Gasteiger partial charge in [-0.05, 0) is 54.5 Å². The molecule has 2 atom stereocenters. The summed E-state index contributed by atoms with van der Waals surface area (Å²) in [5.41, 5.74) is 4.06. The van der Waals surface area contributed by atoms with Crippen LogP contribution in [0.4, 0.5) is 0 Å². The van der Waals surface area contributed by atoms with Gasteiger partial charge in [-0.25, -0.2) is 0 Å². The van der Waals surface area contributed by atoms with E-state index < -0.39 is 0 Å². The van der Waals surface area contributed by atoms with Gasteiger partial charge in [0.25, 0.3) is 5.91 Å². The number of hydrogen-bond acceptors (Lipinski definition) is 2. The lowest BCUT2D eigenvalue weighted by Crippen LogP contribution is -2.64. The van der Waals surface area contributed by atoms with E-state index in [9.17, 15) is 9.90 Å². The van der Waals surface area contributed by atoms with Gasteiger partial charge < -0.3 is 10.0 Å². The van der Waals surface area contributed by atoms with Crippen molar-refractivity contribution in [2.24, 2.45) is 5.41 Å². The largest absolute Gasteiger partial charge is 0.508 e. The topological polar surface area (TPSA) is 40.5 Å². The fourth-order valence-electron chi connectivity index (χ4n) is 5.03. The van der Waals surface area contributed by atoms with E-state index in [0.29, 0.717) is 12.2 Å². The molecule has 1 fully saturated rings. The van der Waals surface area contributed by atoms with Crippen LogP contribution in [0.25, 0.3) is 0 Å². The van der Waals surface area contributed by atoms with Crippen LogP contribution in [0.3, 0.4) is 0 Å². The highest BCUT2D eigenvalue weighted by Gasteiger charge is 2.57. The third-order valence-electron chi connectivity index (χ3n) is 7.19. The molecule has 1 aliphatic carbocycles. The standard InChI is InChI=1S/C23H27NO2/c1-15-8-10-16(11-9-15)21(26)24-13-12-23(4)18-6-5-7-19(25)17(18)14-20(24)22(23,2)3/h5-11,20,25H,12-14H2,1-4H3/t20-,23+/m1/s1. The van der Waals surface area contributed by atoms with Crippen LogP contribution in [0.5, 0.6) is 5.75 Å². The first-order valence-electron chi connectivity index (χ1n) is 9.45. The van der Waals surface area contributed by atoms with Gasteiger partial charge in [-0.15, -0.1) is 0 Å². The highest BCUT2D eigenvalue weighted by Crippen LogP contribution is 2.57. The van der Waals surface area contributed by atoms with Crippen LogP contribution in [-0.4, -0.2) is 28.5 Å². The highest BCUT2D eigenvalue weighted by atomic mass is 16.3. The molecule has 136 valence electrons. The Morgan fingerprint density at radius 1 is 1.12 bits per heavy atom. The number of piperidine rings is 1. The summed E-state index contributed by atoms with van der Waals surface area (Å²) < 4.78 is 0. The molecule has 0 spiro atoms. The zero-order valence-corrected chi connectivity index (χ0v) is 16.0. The molecule has 0 aromatic heterocycles. The number of aryl methyl sites for hydroxylation is 1. The van der Waals surface area contributed by atoms with Crippen molar-refractivity contribution in [3.8, 4) is 5.75 Å². The van der Waals surface area contributed by atoms with Crippen LogP contribution in [-0.2, 0) is 11.8 Å². The van der Waals surface area contributed by atoms with Crippen LogP contribution in [0.15, 0.2) is 42.5 Å². The van der Waals surface area contributed by atoms with E-state index in [-0.39, 0.29) is 22.8 Å². The predicted octanol–water partition coefficient (Wildman–Crippen LogP) is 4.46. The van der Waals surface area contributed by atoms with E-state index in [1.165, 1.54) is 5.56 Å². The van der Waals surface area contributed by atoms with Gasteiger partial charge in [-0.2, -0.15) is 0 Å². The maximum absolute atomic E-state index is 13.3. The van der Waals surface area contributed by atoms with Crippen LogP contribution >= 0.6 is 0 Å². The fourth-order valence-corrected chi connectivity index (χ4v) is 5.03. The lowest BCUT2D eigenvalue weighted by atomic mass is 9.51. The normalized spacial score (nSPS) is 26.3. The predicted molar refractivity (Wildman–Crippen MR) is 104 cm³/mol. The van der Waals surface area contributed by atoms with E-state index in [0.717, 1.165) is 29.7 Å². The van der Waals surface area contributed by atoms with Crippen molar-refractivity contribution in [2.75, 3.05) is 6.54 Å². The number of carbonyl (C=O) groups excluding carboxylic acids is 1. The Kier molecular flexibility index (Phi) is 3.69. The number of aromatic hydroxyl groups is 1. The van der Waals surface area contributed by atoms with Crippen molar-refractivity contribution in [3.63, 3.8) is 0 Å². The Morgan fingerprint density at radius 3 is 2.50 bits per heavy atom. The first kappa shape index (κ1) is 17.1. The van der Waals surface area contributed by atoms with Gasteiger partial charge in [-0.1, -0.05) is 50.6 Å². The van der Waals surface area contributed by atoms with Crippen molar-refractivity contribution in [3.05, 3.63) is 64.7 Å². The zero-order valence-electron chi connectivity index (χ0n) is 16.0. The number of nitrogens with zero attached hydrogens (tertiary/aromatic N) is 1. The lowest BCUT2D eigenvalue weighted by Gasteiger charge is -2.60. The molecule has 0 unspecified atom stereocenters. The monoisotopic (exact) mass is 349 g/mol. The Labute approximate surface area is 155 Å². The lowest BCUT2D eigenvalue weighted by molar-refractivity contribution is -0.0266. The van der Waals surface area contributed by atoms with Gasteiger partial charge in [0, 0.05) is 23.6 Å². The van der Waals surface area contributed by atoms with E-state index >= 15 is 0 Å². The zero-order chi connectivity index (χ0) is 18.7. The molecule has 1 saturated heterocycles. The van der Waals surface area contributed by atoms with Crippen molar-refractivity contribution < 1.29 is 9.90 Å². The smallest absolute Gasteiger partial charge is 0.254 e. The molecule has 0 saturated carbocycles. The summed E-state index contributed by atoms with van der Waals surface area (Å²) >= 11 is 0. The second-order valence-corrected chi connectivity index (χ2v) is 8.69. The summed E-state index contributed by atoms with van der Waals surface area (Å²) in [5, 5.41) is 10.5. The van der Waals surface area contributed by atoms with Gasteiger partial charge in [0.05, 0.1) is 0 Å². The van der Waals surface area contributed by atoms with Gasteiger partial charge in [0.15, 0.2) is 0 Å². The van der Waals surface area contributed by atoms with Crippen molar-refractivity contribution in [2.45, 2.75) is 52.0 Å². The van der Waals surface area contributed by atoms with Crippen LogP contribution in [0, 0.1) is 12.3 Å². The third-order valence-corrected chi connectivity index (χ3v) is 7.19. The highest BCUT2D eigenvalue weighted by molar-refractivity contribution is 5.94. The number of phenolic OH excluding ortho intramolecular Hbond substituents is 1. The molecule has 0 radical (unpaired) electrons. The molecule has 3 heteroatoms. The van der Waals surface area contributed by atoms with E-state index in [1.54, 1.807) is 6.07 Å². The molecule has 3 nitrogen and oxygen atoms in total. The van der Waals surface area contributed by atoms with E-state index in [2.05, 4.69) is 26.8 Å².